The Hall–Kier alpha value is -0.530. The van der Waals surface area contributed by atoms with Crippen LogP contribution in [0.1, 0.15) is 19.8 Å². The summed E-state index contributed by atoms with van der Waals surface area (Å²) in [6, 6.07) is 2.55. The summed E-state index contributed by atoms with van der Waals surface area (Å²) in [7, 11) is -3.78. The molecule has 1 heterocycles. The summed E-state index contributed by atoms with van der Waals surface area (Å²) in [6.45, 7) is 2.43. The van der Waals surface area contributed by atoms with Gasteiger partial charge >= 0.3 is 0 Å². The first-order valence-electron chi connectivity index (χ1n) is 6.18. The van der Waals surface area contributed by atoms with E-state index >= 15 is 0 Å². The van der Waals surface area contributed by atoms with E-state index in [1.807, 2.05) is 6.92 Å². The summed E-state index contributed by atoms with van der Waals surface area (Å²) in [6.07, 6.45) is 1.26. The molecule has 0 radical (unpaired) electrons. The second-order valence-electron chi connectivity index (χ2n) is 4.83. The molecule has 2 unspecified atom stereocenters. The number of nitrogens with one attached hydrogen (secondary N) is 1. The van der Waals surface area contributed by atoms with Crippen LogP contribution in [0.5, 0.6) is 0 Å². The summed E-state index contributed by atoms with van der Waals surface area (Å²) in [5.74, 6) is 0. The number of rotatable bonds is 3. The van der Waals surface area contributed by atoms with Crippen molar-refractivity contribution in [3.05, 3.63) is 22.2 Å². The number of halogens is 2. The van der Waals surface area contributed by atoms with Gasteiger partial charge in [0.25, 0.3) is 0 Å². The Morgan fingerprint density at radius 2 is 2.10 bits per heavy atom. The Labute approximate surface area is 128 Å². The van der Waals surface area contributed by atoms with Gasteiger partial charge in [-0.2, -0.15) is 0 Å². The first-order valence-corrected chi connectivity index (χ1v) is 8.42. The minimum atomic E-state index is -3.78. The van der Waals surface area contributed by atoms with E-state index in [0.717, 1.165) is 0 Å². The Balaban J connectivity index is 2.27. The Kier molecular flexibility index (Phi) is 4.81. The molecule has 1 aromatic carbocycles. The number of hydrogen-bond donors (Lipinski definition) is 2. The zero-order chi connectivity index (χ0) is 14.9. The molecule has 1 fully saturated rings. The van der Waals surface area contributed by atoms with E-state index in [0.29, 0.717) is 24.5 Å². The highest BCUT2D eigenvalue weighted by molar-refractivity contribution is 7.89. The molecule has 5 nitrogen and oxygen atoms in total. The summed E-state index contributed by atoms with van der Waals surface area (Å²) >= 11 is 11.7. The third-order valence-corrected chi connectivity index (χ3v) is 5.38. The topological polar surface area (TPSA) is 81.4 Å². The predicted molar refractivity (Wildman–Crippen MR) is 79.6 cm³/mol. The molecule has 20 heavy (non-hydrogen) atoms. The fraction of sp³-hybridized carbons (Fsp3) is 0.500. The van der Waals surface area contributed by atoms with Crippen molar-refractivity contribution in [2.24, 2.45) is 0 Å². The number of anilines is 1. The molecule has 2 atom stereocenters. The van der Waals surface area contributed by atoms with E-state index in [1.165, 1.54) is 12.1 Å². The van der Waals surface area contributed by atoms with Gasteiger partial charge in [0.1, 0.15) is 4.90 Å². The number of sulfonamides is 1. The first-order chi connectivity index (χ1) is 9.29. The highest BCUT2D eigenvalue weighted by Gasteiger charge is 2.28. The molecule has 0 saturated carbocycles. The van der Waals surface area contributed by atoms with Crippen molar-refractivity contribution < 1.29 is 13.2 Å². The monoisotopic (exact) mass is 338 g/mol. The van der Waals surface area contributed by atoms with Crippen molar-refractivity contribution in [3.63, 3.8) is 0 Å². The lowest BCUT2D eigenvalue weighted by atomic mass is 10.1. The van der Waals surface area contributed by atoms with Crippen molar-refractivity contribution in [2.75, 3.05) is 12.3 Å². The third kappa shape index (κ3) is 3.56. The average molecular weight is 339 g/mol. The Morgan fingerprint density at radius 1 is 1.40 bits per heavy atom. The van der Waals surface area contributed by atoms with E-state index in [-0.39, 0.29) is 27.8 Å². The van der Waals surface area contributed by atoms with E-state index < -0.39 is 10.0 Å². The van der Waals surface area contributed by atoms with Crippen molar-refractivity contribution in [1.29, 1.82) is 0 Å². The number of hydrogen-bond acceptors (Lipinski definition) is 4. The number of nitrogen functional groups attached to an aromatic ring is 1. The molecule has 0 spiro atoms. The zero-order valence-corrected chi connectivity index (χ0v) is 13.2. The third-order valence-electron chi connectivity index (χ3n) is 3.11. The zero-order valence-electron chi connectivity index (χ0n) is 10.9. The van der Waals surface area contributed by atoms with Crippen LogP contribution >= 0.6 is 23.2 Å². The van der Waals surface area contributed by atoms with E-state index in [1.54, 1.807) is 0 Å². The van der Waals surface area contributed by atoms with Crippen LogP contribution in [0.3, 0.4) is 0 Å². The van der Waals surface area contributed by atoms with Gasteiger partial charge in [0, 0.05) is 17.7 Å². The second kappa shape index (κ2) is 6.07. The van der Waals surface area contributed by atoms with Gasteiger partial charge in [-0.3, -0.25) is 0 Å². The number of nitrogens with two attached hydrogens (primary N) is 1. The maximum absolute atomic E-state index is 12.4. The molecule has 0 aromatic heterocycles. The molecule has 0 aliphatic carbocycles. The lowest BCUT2D eigenvalue weighted by Crippen LogP contribution is -2.41. The molecule has 1 aliphatic rings. The molecule has 0 amide bonds. The van der Waals surface area contributed by atoms with Crippen LogP contribution in [0.15, 0.2) is 17.0 Å². The fourth-order valence-electron chi connectivity index (χ4n) is 2.25. The molecule has 1 aliphatic heterocycles. The van der Waals surface area contributed by atoms with Crippen LogP contribution in [-0.2, 0) is 14.8 Å². The summed E-state index contributed by atoms with van der Waals surface area (Å²) in [5, 5.41) is 0.314. The average Bonchev–Trinajstić information content (AvgIpc) is 2.25. The maximum atomic E-state index is 12.4. The number of ether oxygens (including phenoxy) is 1. The highest BCUT2D eigenvalue weighted by atomic mass is 35.5. The van der Waals surface area contributed by atoms with Crippen LogP contribution in [0.4, 0.5) is 5.69 Å². The van der Waals surface area contributed by atoms with Crippen molar-refractivity contribution >= 4 is 38.9 Å². The quantitative estimate of drug-likeness (QED) is 0.829. The van der Waals surface area contributed by atoms with Crippen molar-refractivity contribution in [3.8, 4) is 0 Å². The molecule has 8 heteroatoms. The van der Waals surface area contributed by atoms with Crippen LogP contribution in [-0.4, -0.2) is 27.2 Å². The Bertz CT molecular complexity index is 584. The van der Waals surface area contributed by atoms with E-state index in [9.17, 15) is 8.42 Å². The van der Waals surface area contributed by atoms with Gasteiger partial charge in [0.05, 0.1) is 16.8 Å². The molecular formula is C12H16Cl2N2O3S. The van der Waals surface area contributed by atoms with Crippen LogP contribution in [0.25, 0.3) is 0 Å². The number of benzene rings is 1. The molecule has 0 bridgehead atoms. The predicted octanol–water partition coefficient (Wildman–Crippen LogP) is 2.42. The lowest BCUT2D eigenvalue weighted by molar-refractivity contribution is 0.0173. The minimum absolute atomic E-state index is 0.0163. The minimum Gasteiger partial charge on any atom is -0.398 e. The van der Waals surface area contributed by atoms with Gasteiger partial charge in [-0.15, -0.1) is 0 Å². The summed E-state index contributed by atoms with van der Waals surface area (Å²) in [5.41, 5.74) is 5.77. The van der Waals surface area contributed by atoms with Gasteiger partial charge in [-0.05, 0) is 31.9 Å². The first kappa shape index (κ1) is 15.9. The normalized spacial score (nSPS) is 23.8. The molecule has 1 saturated heterocycles. The molecular weight excluding hydrogens is 323 g/mol. The van der Waals surface area contributed by atoms with Gasteiger partial charge in [0.2, 0.25) is 10.0 Å². The molecule has 3 N–H and O–H groups in total. The smallest absolute Gasteiger partial charge is 0.244 e. The van der Waals surface area contributed by atoms with Crippen LogP contribution < -0.4 is 10.5 Å². The van der Waals surface area contributed by atoms with Gasteiger partial charge in [0.15, 0.2) is 0 Å². The maximum Gasteiger partial charge on any atom is 0.244 e. The van der Waals surface area contributed by atoms with E-state index in [2.05, 4.69) is 4.72 Å². The summed E-state index contributed by atoms with van der Waals surface area (Å²) in [4.78, 5) is -0.122. The van der Waals surface area contributed by atoms with Crippen LogP contribution in [0, 0.1) is 0 Å². The molecule has 1 aromatic rings. The van der Waals surface area contributed by atoms with Crippen molar-refractivity contribution in [1.82, 2.24) is 4.72 Å². The van der Waals surface area contributed by atoms with Crippen LogP contribution in [0.2, 0.25) is 10.0 Å². The van der Waals surface area contributed by atoms with Crippen molar-refractivity contribution in [2.45, 2.75) is 36.8 Å². The van der Waals surface area contributed by atoms with Gasteiger partial charge in [-0.1, -0.05) is 23.2 Å². The largest absolute Gasteiger partial charge is 0.398 e. The summed E-state index contributed by atoms with van der Waals surface area (Å²) < 4.78 is 32.8. The SMILES string of the molecule is CC1CC(NS(=O)(=O)c2c(N)cc(Cl)cc2Cl)CCO1. The standard InChI is InChI=1S/C12H16Cl2N2O3S/c1-7-4-9(2-3-19-7)16-20(17,18)12-10(14)5-8(13)6-11(12)15/h5-7,9,16H,2-4,15H2,1H3. The molecule has 2 rings (SSSR count). The second-order valence-corrected chi connectivity index (χ2v) is 7.32. The van der Waals surface area contributed by atoms with Gasteiger partial charge < -0.3 is 10.5 Å². The lowest BCUT2D eigenvalue weighted by Gasteiger charge is -2.28. The highest BCUT2D eigenvalue weighted by Crippen LogP contribution is 2.31. The van der Waals surface area contributed by atoms with Gasteiger partial charge in [-0.25, -0.2) is 13.1 Å². The molecule has 112 valence electrons. The Morgan fingerprint density at radius 3 is 2.70 bits per heavy atom. The van der Waals surface area contributed by atoms with E-state index in [4.69, 9.17) is 33.7 Å². The fourth-order valence-corrected chi connectivity index (χ4v) is 4.52.